The molecule has 14 heavy (non-hydrogen) atoms. The second kappa shape index (κ2) is 6.75. The van der Waals surface area contributed by atoms with Crippen molar-refractivity contribution in [1.82, 2.24) is 5.32 Å². The van der Waals surface area contributed by atoms with Gasteiger partial charge in [0.05, 0.1) is 6.61 Å². The molecule has 0 aliphatic heterocycles. The second-order valence-corrected chi connectivity index (χ2v) is 3.63. The Balaban J connectivity index is 3.87. The first kappa shape index (κ1) is 13.4. The average Bonchev–Trinajstić information content (AvgIpc) is 2.10. The molecule has 0 saturated carbocycles. The van der Waals surface area contributed by atoms with Crippen LogP contribution >= 0.6 is 0 Å². The maximum Gasteiger partial charge on any atom is 0.247 e. The molecular weight excluding hydrogens is 184 g/mol. The van der Waals surface area contributed by atoms with E-state index in [0.29, 0.717) is 12.5 Å². The smallest absolute Gasteiger partial charge is 0.247 e. The second-order valence-electron chi connectivity index (χ2n) is 3.63. The van der Waals surface area contributed by atoms with E-state index in [9.17, 15) is 4.79 Å². The van der Waals surface area contributed by atoms with Gasteiger partial charge in [-0.3, -0.25) is 4.79 Å². The Hall–Kier alpha value is -0.650. The van der Waals surface area contributed by atoms with Gasteiger partial charge in [0.1, 0.15) is 6.10 Å². The maximum atomic E-state index is 10.5. The van der Waals surface area contributed by atoms with Crippen LogP contribution in [0.4, 0.5) is 0 Å². The quantitative estimate of drug-likeness (QED) is 0.501. The molecule has 0 fully saturated rings. The summed E-state index contributed by atoms with van der Waals surface area (Å²) in [5.74, 6) is -0.340. The van der Waals surface area contributed by atoms with Gasteiger partial charge in [-0.25, -0.2) is 0 Å². The summed E-state index contributed by atoms with van der Waals surface area (Å²) in [6.07, 6.45) is -1.13. The average molecular weight is 204 g/mol. The third kappa shape index (κ3) is 5.16. The van der Waals surface area contributed by atoms with Crippen molar-refractivity contribution in [2.24, 2.45) is 11.7 Å². The normalized spacial score (nSPS) is 15.5. The first-order valence-electron chi connectivity index (χ1n) is 4.68. The molecule has 0 radical (unpaired) electrons. The molecule has 4 N–H and O–H groups in total. The fraction of sp³-hybridized carbons (Fsp3) is 0.889. The van der Waals surface area contributed by atoms with Gasteiger partial charge in [0.2, 0.25) is 5.91 Å². The lowest BCUT2D eigenvalue weighted by Gasteiger charge is -2.22. The monoisotopic (exact) mass is 204 g/mol. The Labute approximate surface area is 84.6 Å². The highest BCUT2D eigenvalue weighted by Crippen LogP contribution is 2.01. The topological polar surface area (TPSA) is 84.6 Å². The zero-order chi connectivity index (χ0) is 11.1. The van der Waals surface area contributed by atoms with Crippen LogP contribution in [-0.2, 0) is 9.53 Å². The maximum absolute atomic E-state index is 10.5. The number of primary amides is 1. The number of methoxy groups -OCH3 is 1. The van der Waals surface area contributed by atoms with E-state index in [2.05, 4.69) is 5.32 Å². The zero-order valence-electron chi connectivity index (χ0n) is 8.99. The molecule has 1 amide bonds. The van der Waals surface area contributed by atoms with Crippen LogP contribution in [0.15, 0.2) is 0 Å². The number of aliphatic hydroxyl groups excluding tert-OH is 1. The van der Waals surface area contributed by atoms with E-state index in [-0.39, 0.29) is 12.6 Å². The molecule has 0 aromatic carbocycles. The Bertz CT molecular complexity index is 173. The fourth-order valence-corrected chi connectivity index (χ4v) is 1.03. The molecule has 2 atom stereocenters. The summed E-state index contributed by atoms with van der Waals surface area (Å²) in [5.41, 5.74) is 4.91. The molecule has 0 bridgehead atoms. The van der Waals surface area contributed by atoms with E-state index in [1.807, 2.05) is 13.8 Å². The predicted molar refractivity (Wildman–Crippen MR) is 53.7 cm³/mol. The largest absolute Gasteiger partial charge is 0.383 e. The summed E-state index contributed by atoms with van der Waals surface area (Å²) < 4.78 is 5.00. The molecule has 5 heteroatoms. The number of ether oxygens (including phenoxy) is 1. The van der Waals surface area contributed by atoms with Gasteiger partial charge in [0.25, 0.3) is 0 Å². The predicted octanol–water partition coefficient (Wildman–Crippen LogP) is -0.907. The van der Waals surface area contributed by atoms with Crippen molar-refractivity contribution < 1.29 is 14.6 Å². The summed E-state index contributed by atoms with van der Waals surface area (Å²) in [6.45, 7) is 4.78. The van der Waals surface area contributed by atoms with Gasteiger partial charge in [0.15, 0.2) is 0 Å². The molecule has 2 unspecified atom stereocenters. The van der Waals surface area contributed by atoms with Crippen molar-refractivity contribution in [3.8, 4) is 0 Å². The van der Waals surface area contributed by atoms with Crippen LogP contribution in [0.5, 0.6) is 0 Å². The Kier molecular flexibility index (Phi) is 6.44. The minimum Gasteiger partial charge on any atom is -0.383 e. The number of carbonyl (C=O) groups excluding carboxylic acids is 1. The van der Waals surface area contributed by atoms with Gasteiger partial charge in [0, 0.05) is 19.7 Å². The third-order valence-electron chi connectivity index (χ3n) is 2.05. The highest BCUT2D eigenvalue weighted by atomic mass is 16.5. The van der Waals surface area contributed by atoms with Gasteiger partial charge < -0.3 is 20.9 Å². The van der Waals surface area contributed by atoms with E-state index in [0.717, 1.165) is 0 Å². The van der Waals surface area contributed by atoms with Crippen molar-refractivity contribution in [2.75, 3.05) is 20.3 Å². The SMILES string of the molecule is COCC(NCC(O)C(N)=O)C(C)C. The summed E-state index contributed by atoms with van der Waals surface area (Å²) in [4.78, 5) is 10.5. The number of carbonyl (C=O) groups is 1. The molecule has 0 rings (SSSR count). The summed E-state index contributed by atoms with van der Waals surface area (Å²) in [7, 11) is 1.61. The molecule has 0 aliphatic rings. The van der Waals surface area contributed by atoms with Crippen molar-refractivity contribution in [3.63, 3.8) is 0 Å². The molecule has 0 aromatic heterocycles. The lowest BCUT2D eigenvalue weighted by Crippen LogP contribution is -2.45. The van der Waals surface area contributed by atoms with Gasteiger partial charge in [-0.2, -0.15) is 0 Å². The molecule has 84 valence electrons. The van der Waals surface area contributed by atoms with Crippen LogP contribution in [0.25, 0.3) is 0 Å². The van der Waals surface area contributed by atoms with Crippen molar-refractivity contribution in [2.45, 2.75) is 26.0 Å². The number of nitrogens with two attached hydrogens (primary N) is 1. The number of hydrogen-bond acceptors (Lipinski definition) is 4. The van der Waals surface area contributed by atoms with Gasteiger partial charge >= 0.3 is 0 Å². The van der Waals surface area contributed by atoms with Crippen molar-refractivity contribution in [3.05, 3.63) is 0 Å². The van der Waals surface area contributed by atoms with Crippen molar-refractivity contribution in [1.29, 1.82) is 0 Å². The Morgan fingerprint density at radius 3 is 2.50 bits per heavy atom. The Morgan fingerprint density at radius 2 is 2.14 bits per heavy atom. The highest BCUT2D eigenvalue weighted by molar-refractivity contribution is 5.78. The van der Waals surface area contributed by atoms with Gasteiger partial charge in [-0.1, -0.05) is 13.8 Å². The van der Waals surface area contributed by atoms with Crippen LogP contribution in [0.3, 0.4) is 0 Å². The molecule has 0 spiro atoms. The fourth-order valence-electron chi connectivity index (χ4n) is 1.03. The molecule has 5 nitrogen and oxygen atoms in total. The summed E-state index contributed by atoms with van der Waals surface area (Å²) in [5, 5.41) is 12.2. The minimum absolute atomic E-state index is 0.119. The first-order valence-corrected chi connectivity index (χ1v) is 4.68. The number of nitrogens with one attached hydrogen (secondary N) is 1. The number of aliphatic hydroxyl groups is 1. The van der Waals surface area contributed by atoms with Gasteiger partial charge in [-0.15, -0.1) is 0 Å². The van der Waals surface area contributed by atoms with Crippen LogP contribution in [0.2, 0.25) is 0 Å². The molecule has 0 saturated heterocycles. The highest BCUT2D eigenvalue weighted by Gasteiger charge is 2.16. The van der Waals surface area contributed by atoms with Crippen LogP contribution in [-0.4, -0.2) is 43.4 Å². The van der Waals surface area contributed by atoms with Crippen LogP contribution < -0.4 is 11.1 Å². The standard InChI is InChI=1S/C9H20N2O3/c1-6(2)7(5-14-3)11-4-8(12)9(10)13/h6-8,11-12H,4-5H2,1-3H3,(H2,10,13). The third-order valence-corrected chi connectivity index (χ3v) is 2.05. The van der Waals surface area contributed by atoms with E-state index in [4.69, 9.17) is 15.6 Å². The van der Waals surface area contributed by atoms with Crippen LogP contribution in [0.1, 0.15) is 13.8 Å². The van der Waals surface area contributed by atoms with E-state index in [1.165, 1.54) is 0 Å². The molecule has 0 aromatic rings. The van der Waals surface area contributed by atoms with E-state index >= 15 is 0 Å². The zero-order valence-corrected chi connectivity index (χ0v) is 8.99. The summed E-state index contributed by atoms with van der Waals surface area (Å²) in [6, 6.07) is 0.119. The number of amides is 1. The lowest BCUT2D eigenvalue weighted by molar-refractivity contribution is -0.125. The van der Waals surface area contributed by atoms with Crippen molar-refractivity contribution >= 4 is 5.91 Å². The lowest BCUT2D eigenvalue weighted by atomic mass is 10.1. The van der Waals surface area contributed by atoms with E-state index in [1.54, 1.807) is 7.11 Å². The minimum atomic E-state index is -1.13. The number of rotatable bonds is 7. The van der Waals surface area contributed by atoms with E-state index < -0.39 is 12.0 Å². The molecule has 0 heterocycles. The molecular formula is C9H20N2O3. The van der Waals surface area contributed by atoms with Crippen LogP contribution in [0, 0.1) is 5.92 Å². The summed E-state index contributed by atoms with van der Waals surface area (Å²) >= 11 is 0. The number of hydrogen-bond donors (Lipinski definition) is 3. The van der Waals surface area contributed by atoms with Gasteiger partial charge in [-0.05, 0) is 5.92 Å². The Morgan fingerprint density at radius 1 is 1.57 bits per heavy atom. The first-order chi connectivity index (χ1) is 6.49. The molecule has 0 aliphatic carbocycles.